The third-order valence-electron chi connectivity index (χ3n) is 2.90. The number of hydrogen-bond donors (Lipinski definition) is 2. The molecule has 0 atom stereocenters. The van der Waals surface area contributed by atoms with Gasteiger partial charge < -0.3 is 10.2 Å². The van der Waals surface area contributed by atoms with Gasteiger partial charge in [0.2, 0.25) is 0 Å². The lowest BCUT2D eigenvalue weighted by Gasteiger charge is -2.01. The normalized spacial score (nSPS) is 11.5. The predicted octanol–water partition coefficient (Wildman–Crippen LogP) is 2.00. The van der Waals surface area contributed by atoms with Crippen LogP contribution in [-0.4, -0.2) is 39.3 Å². The van der Waals surface area contributed by atoms with Crippen molar-refractivity contribution in [2.24, 2.45) is 9.98 Å². The average Bonchev–Trinajstić information content (AvgIpc) is 2.47. The molecule has 0 aliphatic heterocycles. The molecule has 0 spiro atoms. The molecule has 0 aromatic carbocycles. The van der Waals surface area contributed by atoms with Crippen LogP contribution in [0, 0.1) is 13.8 Å². The number of nitrogens with zero attached hydrogens (tertiary/aromatic N) is 4. The van der Waals surface area contributed by atoms with Crippen molar-refractivity contribution in [1.82, 2.24) is 9.97 Å². The van der Waals surface area contributed by atoms with Gasteiger partial charge >= 0.3 is 0 Å². The molecular weight excluding hydrogens is 268 g/mol. The second-order valence-electron chi connectivity index (χ2n) is 4.43. The summed E-state index contributed by atoms with van der Waals surface area (Å²) in [6.07, 6.45) is 6.30. The molecule has 0 bridgehead atoms. The molecule has 2 heterocycles. The number of aromatic nitrogens is 2. The Bertz CT molecular complexity index is 637. The maximum absolute atomic E-state index is 9.77. The van der Waals surface area contributed by atoms with E-state index in [4.69, 9.17) is 0 Å². The van der Waals surface area contributed by atoms with E-state index < -0.39 is 0 Å². The highest BCUT2D eigenvalue weighted by Crippen LogP contribution is 2.18. The summed E-state index contributed by atoms with van der Waals surface area (Å²) >= 11 is 0. The third-order valence-corrected chi connectivity index (χ3v) is 2.90. The van der Waals surface area contributed by atoms with Crippen molar-refractivity contribution in [3.8, 4) is 11.5 Å². The minimum atomic E-state index is 0.118. The van der Waals surface area contributed by atoms with Gasteiger partial charge in [-0.05, 0) is 26.0 Å². The zero-order chi connectivity index (χ0) is 15.2. The standard InChI is InChI=1S/C15H16N4O2/c1-10-14(20)12(3-5-18-10)7-16-9-17-8-13-4-6-19-11(2)15(13)21/h3-8,20-21H,9H2,1-2H3/b16-7+,17-8+. The molecular formula is C15H16N4O2. The summed E-state index contributed by atoms with van der Waals surface area (Å²) in [5.41, 5.74) is 2.31. The Morgan fingerprint density at radius 2 is 1.33 bits per heavy atom. The summed E-state index contributed by atoms with van der Waals surface area (Å²) in [5, 5.41) is 19.5. The van der Waals surface area contributed by atoms with Crippen LogP contribution < -0.4 is 0 Å². The summed E-state index contributed by atoms with van der Waals surface area (Å²) in [6.45, 7) is 3.64. The van der Waals surface area contributed by atoms with Gasteiger partial charge in [0.1, 0.15) is 18.2 Å². The van der Waals surface area contributed by atoms with Crippen LogP contribution in [0.2, 0.25) is 0 Å². The number of aromatic hydroxyl groups is 2. The minimum Gasteiger partial charge on any atom is -0.505 e. The van der Waals surface area contributed by atoms with Crippen molar-refractivity contribution in [2.75, 3.05) is 6.67 Å². The quantitative estimate of drug-likeness (QED) is 0.840. The molecule has 0 radical (unpaired) electrons. The van der Waals surface area contributed by atoms with E-state index in [0.717, 1.165) is 0 Å². The fourth-order valence-corrected chi connectivity index (χ4v) is 1.69. The summed E-state index contributed by atoms with van der Waals surface area (Å²) in [4.78, 5) is 16.1. The Balaban J connectivity index is 2.01. The molecule has 6 heteroatoms. The van der Waals surface area contributed by atoms with E-state index in [1.807, 2.05) is 0 Å². The maximum atomic E-state index is 9.77. The van der Waals surface area contributed by atoms with Crippen LogP contribution in [0.1, 0.15) is 22.5 Å². The molecule has 0 unspecified atom stereocenters. The summed E-state index contributed by atoms with van der Waals surface area (Å²) in [7, 11) is 0. The molecule has 0 fully saturated rings. The number of aryl methyl sites for hydroxylation is 2. The van der Waals surface area contributed by atoms with Gasteiger partial charge in [0.25, 0.3) is 0 Å². The third kappa shape index (κ3) is 3.62. The molecule has 2 aromatic heterocycles. The van der Waals surface area contributed by atoms with E-state index in [0.29, 0.717) is 22.5 Å². The van der Waals surface area contributed by atoms with Crippen LogP contribution in [0.4, 0.5) is 0 Å². The molecule has 2 aromatic rings. The van der Waals surface area contributed by atoms with Crippen molar-refractivity contribution in [1.29, 1.82) is 0 Å². The van der Waals surface area contributed by atoms with E-state index in [1.54, 1.807) is 50.8 Å². The monoisotopic (exact) mass is 284 g/mol. The van der Waals surface area contributed by atoms with Crippen molar-refractivity contribution >= 4 is 12.4 Å². The van der Waals surface area contributed by atoms with Crippen molar-refractivity contribution in [3.63, 3.8) is 0 Å². The molecule has 0 saturated carbocycles. The highest BCUT2D eigenvalue weighted by molar-refractivity contribution is 5.84. The van der Waals surface area contributed by atoms with Crippen LogP contribution in [0.25, 0.3) is 0 Å². The Morgan fingerprint density at radius 3 is 1.76 bits per heavy atom. The van der Waals surface area contributed by atoms with Crippen LogP contribution in [0.15, 0.2) is 34.5 Å². The SMILES string of the molecule is Cc1nccc(/C=N/C/N=C/c2ccnc(C)c2O)c1O. The van der Waals surface area contributed by atoms with Gasteiger partial charge in [0, 0.05) is 35.9 Å². The molecule has 0 saturated heterocycles. The number of aliphatic imine (C=N–C) groups is 2. The van der Waals surface area contributed by atoms with Crippen LogP contribution in [0.5, 0.6) is 11.5 Å². The smallest absolute Gasteiger partial charge is 0.145 e. The molecule has 21 heavy (non-hydrogen) atoms. The number of pyridine rings is 2. The Labute approximate surface area is 122 Å². The molecule has 0 amide bonds. The molecule has 0 aliphatic rings. The fourth-order valence-electron chi connectivity index (χ4n) is 1.69. The molecule has 108 valence electrons. The first-order valence-corrected chi connectivity index (χ1v) is 6.38. The zero-order valence-electron chi connectivity index (χ0n) is 11.9. The van der Waals surface area contributed by atoms with Gasteiger partial charge in [-0.25, -0.2) is 0 Å². The maximum Gasteiger partial charge on any atom is 0.145 e. The second kappa shape index (κ2) is 6.60. The topological polar surface area (TPSA) is 91.0 Å². The molecule has 6 nitrogen and oxygen atoms in total. The van der Waals surface area contributed by atoms with Gasteiger partial charge in [-0.2, -0.15) is 0 Å². The molecule has 2 N–H and O–H groups in total. The summed E-state index contributed by atoms with van der Waals surface area (Å²) < 4.78 is 0. The van der Waals surface area contributed by atoms with Gasteiger partial charge in [0.05, 0.1) is 11.4 Å². The molecule has 0 aliphatic carbocycles. The highest BCUT2D eigenvalue weighted by atomic mass is 16.3. The number of hydrogen-bond acceptors (Lipinski definition) is 6. The minimum absolute atomic E-state index is 0.118. The van der Waals surface area contributed by atoms with Crippen molar-refractivity contribution < 1.29 is 10.2 Å². The van der Waals surface area contributed by atoms with Crippen molar-refractivity contribution in [2.45, 2.75) is 13.8 Å². The predicted molar refractivity (Wildman–Crippen MR) is 81.3 cm³/mol. The van der Waals surface area contributed by atoms with E-state index in [1.165, 1.54) is 0 Å². The largest absolute Gasteiger partial charge is 0.505 e. The first-order chi connectivity index (χ1) is 10.1. The first kappa shape index (κ1) is 14.6. The van der Waals surface area contributed by atoms with Crippen LogP contribution in [0.3, 0.4) is 0 Å². The Hall–Kier alpha value is -2.76. The Kier molecular flexibility index (Phi) is 4.61. The van der Waals surface area contributed by atoms with Gasteiger partial charge in [-0.15, -0.1) is 0 Å². The lowest BCUT2D eigenvalue weighted by molar-refractivity contribution is 0.466. The molecule has 2 rings (SSSR count). The number of rotatable bonds is 4. The van der Waals surface area contributed by atoms with E-state index in [2.05, 4.69) is 20.0 Å². The fraction of sp³-hybridized carbons (Fsp3) is 0.200. The first-order valence-electron chi connectivity index (χ1n) is 6.38. The lowest BCUT2D eigenvalue weighted by atomic mass is 10.2. The van der Waals surface area contributed by atoms with Gasteiger partial charge in [-0.3, -0.25) is 20.0 Å². The summed E-state index contributed by atoms with van der Waals surface area (Å²) in [5.74, 6) is 0.236. The summed E-state index contributed by atoms with van der Waals surface area (Å²) in [6, 6.07) is 3.35. The lowest BCUT2D eigenvalue weighted by Crippen LogP contribution is -1.90. The Morgan fingerprint density at radius 1 is 0.905 bits per heavy atom. The van der Waals surface area contributed by atoms with E-state index in [-0.39, 0.29) is 18.2 Å². The van der Waals surface area contributed by atoms with Gasteiger partial charge in [-0.1, -0.05) is 0 Å². The second-order valence-corrected chi connectivity index (χ2v) is 4.43. The zero-order valence-corrected chi connectivity index (χ0v) is 11.9. The van der Waals surface area contributed by atoms with Crippen molar-refractivity contribution in [3.05, 3.63) is 47.0 Å². The highest BCUT2D eigenvalue weighted by Gasteiger charge is 2.02. The van der Waals surface area contributed by atoms with Crippen LogP contribution >= 0.6 is 0 Å². The van der Waals surface area contributed by atoms with Gasteiger partial charge in [0.15, 0.2) is 0 Å². The van der Waals surface area contributed by atoms with E-state index in [9.17, 15) is 10.2 Å². The van der Waals surface area contributed by atoms with Crippen LogP contribution in [-0.2, 0) is 0 Å². The average molecular weight is 284 g/mol. The van der Waals surface area contributed by atoms with E-state index >= 15 is 0 Å².